The van der Waals surface area contributed by atoms with E-state index in [1.54, 1.807) is 37.3 Å². The van der Waals surface area contributed by atoms with Gasteiger partial charge in [-0.2, -0.15) is 0 Å². The molecule has 0 aliphatic heterocycles. The number of pyridine rings is 1. The maximum Gasteiger partial charge on any atom is 0.261 e. The first-order valence-corrected chi connectivity index (χ1v) is 15.5. The lowest BCUT2D eigenvalue weighted by atomic mass is 9.91. The van der Waals surface area contributed by atoms with E-state index < -0.39 is 11.7 Å². The van der Waals surface area contributed by atoms with E-state index in [0.717, 1.165) is 5.56 Å². The summed E-state index contributed by atoms with van der Waals surface area (Å²) in [7, 11) is 1.37. The van der Waals surface area contributed by atoms with Crippen LogP contribution in [0.4, 0.5) is 8.78 Å². The van der Waals surface area contributed by atoms with Crippen molar-refractivity contribution >= 4 is 23.2 Å². The molecule has 3 N–H and O–H groups in total. The van der Waals surface area contributed by atoms with Crippen LogP contribution in [0.15, 0.2) is 59.0 Å². The molecule has 0 saturated heterocycles. The number of methoxy groups -OCH3 is 1. The van der Waals surface area contributed by atoms with Gasteiger partial charge in [0, 0.05) is 23.9 Å². The second kappa shape index (κ2) is 14.0. The van der Waals surface area contributed by atoms with Crippen molar-refractivity contribution in [2.45, 2.75) is 46.6 Å². The highest BCUT2D eigenvalue weighted by Gasteiger charge is 2.29. The minimum atomic E-state index is -0.676. The number of aryl methyl sites for hydroxylation is 3. The predicted octanol–water partition coefficient (Wildman–Crippen LogP) is 6.47. The highest BCUT2D eigenvalue weighted by Crippen LogP contribution is 2.42. The minimum absolute atomic E-state index is 0.0815. The average Bonchev–Trinajstić information content (AvgIpc) is 3.69. The monoisotopic (exact) mass is 645 g/mol. The molecule has 3 heterocycles. The number of carbonyl (C=O) groups excluding carboxylic acids is 2. The number of aromatic nitrogens is 3. The van der Waals surface area contributed by atoms with E-state index >= 15 is 0 Å². The lowest BCUT2D eigenvalue weighted by Gasteiger charge is -2.19. The van der Waals surface area contributed by atoms with E-state index in [9.17, 15) is 18.4 Å². The van der Waals surface area contributed by atoms with Crippen molar-refractivity contribution in [3.05, 3.63) is 105 Å². The van der Waals surface area contributed by atoms with Gasteiger partial charge in [0.25, 0.3) is 11.8 Å². The Bertz CT molecular complexity index is 1890. The number of hydrogen-bond donors (Lipinski definition) is 2. The Morgan fingerprint density at radius 3 is 2.37 bits per heavy atom. The number of nitrogens with zero attached hydrogens (tertiary/aromatic N) is 3. The van der Waals surface area contributed by atoms with Crippen molar-refractivity contribution in [3.8, 4) is 27.6 Å². The fourth-order valence-corrected chi connectivity index (χ4v) is 6.12. The molecule has 0 spiro atoms. The van der Waals surface area contributed by atoms with Gasteiger partial charge in [0.1, 0.15) is 5.82 Å². The van der Waals surface area contributed by atoms with Gasteiger partial charge in [-0.25, -0.2) is 8.78 Å². The second-order valence-electron chi connectivity index (χ2n) is 11.2. The van der Waals surface area contributed by atoms with Gasteiger partial charge in [-0.3, -0.25) is 14.6 Å². The Labute approximate surface area is 268 Å². The molecular formula is C34H33F2N5O4S. The van der Waals surface area contributed by atoms with Crippen molar-refractivity contribution in [1.29, 1.82) is 0 Å². The summed E-state index contributed by atoms with van der Waals surface area (Å²) < 4.78 is 38.4. The molecule has 2 amide bonds. The van der Waals surface area contributed by atoms with Gasteiger partial charge >= 0.3 is 0 Å². The van der Waals surface area contributed by atoms with Gasteiger partial charge in [0.15, 0.2) is 11.6 Å². The van der Waals surface area contributed by atoms with E-state index in [2.05, 4.69) is 15.5 Å². The summed E-state index contributed by atoms with van der Waals surface area (Å²) in [6.45, 7) is 5.84. The van der Waals surface area contributed by atoms with Crippen molar-refractivity contribution in [3.63, 3.8) is 0 Å². The number of rotatable bonds is 12. The Morgan fingerprint density at radius 1 is 0.978 bits per heavy atom. The topological polar surface area (TPSA) is 133 Å². The normalized spacial score (nSPS) is 11.2. The van der Waals surface area contributed by atoms with E-state index in [1.165, 1.54) is 42.7 Å². The van der Waals surface area contributed by atoms with E-state index in [0.29, 0.717) is 63.0 Å². The molecule has 0 bridgehead atoms. The summed E-state index contributed by atoms with van der Waals surface area (Å²) in [5.41, 5.74) is 9.85. The van der Waals surface area contributed by atoms with Crippen LogP contribution in [0.5, 0.6) is 5.75 Å². The number of amides is 2. The molecule has 0 aliphatic carbocycles. The first-order chi connectivity index (χ1) is 22.0. The summed E-state index contributed by atoms with van der Waals surface area (Å²) in [6, 6.07) is 14.0. The number of hydrogen-bond acceptors (Lipinski definition) is 8. The SMILES string of the molecule is COc1cc(CNC(=O)c2ccc(-c3c(C(N)=O)c(CC(C)C)nc(CCc4ccc(F)cc4)c3-c3nnc(C)o3)s2)ccc1F. The van der Waals surface area contributed by atoms with E-state index in [1.807, 2.05) is 13.8 Å². The predicted molar refractivity (Wildman–Crippen MR) is 171 cm³/mol. The van der Waals surface area contributed by atoms with Gasteiger partial charge in [0.05, 0.1) is 34.5 Å². The highest BCUT2D eigenvalue weighted by molar-refractivity contribution is 7.17. The van der Waals surface area contributed by atoms with Crippen molar-refractivity contribution in [2.24, 2.45) is 11.7 Å². The molecule has 0 atom stereocenters. The van der Waals surface area contributed by atoms with Crippen LogP contribution < -0.4 is 15.8 Å². The van der Waals surface area contributed by atoms with Crippen LogP contribution in [-0.4, -0.2) is 34.1 Å². The van der Waals surface area contributed by atoms with Gasteiger partial charge in [0.2, 0.25) is 11.8 Å². The Morgan fingerprint density at radius 2 is 1.72 bits per heavy atom. The lowest BCUT2D eigenvalue weighted by molar-refractivity contribution is 0.0953. The summed E-state index contributed by atoms with van der Waals surface area (Å²) in [5, 5.41) is 11.1. The molecule has 0 aliphatic rings. The fraction of sp³-hybridized carbons (Fsp3) is 0.265. The van der Waals surface area contributed by atoms with Crippen molar-refractivity contribution in [1.82, 2.24) is 20.5 Å². The molecule has 12 heteroatoms. The van der Waals surface area contributed by atoms with E-state index in [4.69, 9.17) is 19.9 Å². The lowest BCUT2D eigenvalue weighted by Crippen LogP contribution is -2.21. The third-order valence-electron chi connectivity index (χ3n) is 7.24. The summed E-state index contributed by atoms with van der Waals surface area (Å²) in [6.07, 6.45) is 1.41. The number of nitrogens with one attached hydrogen (secondary N) is 1. The number of nitrogens with two attached hydrogens (primary N) is 1. The molecule has 5 aromatic rings. The van der Waals surface area contributed by atoms with Crippen LogP contribution in [0.3, 0.4) is 0 Å². The second-order valence-corrected chi connectivity index (χ2v) is 12.2. The third kappa shape index (κ3) is 7.28. The Balaban J connectivity index is 1.59. The Hall–Kier alpha value is -4.97. The maximum absolute atomic E-state index is 13.8. The third-order valence-corrected chi connectivity index (χ3v) is 8.35. The van der Waals surface area contributed by atoms with Gasteiger partial charge < -0.3 is 20.2 Å². The zero-order valence-electron chi connectivity index (χ0n) is 25.8. The molecular weight excluding hydrogens is 612 g/mol. The number of ether oxygens (including phenoxy) is 1. The van der Waals surface area contributed by atoms with E-state index in [-0.39, 0.29) is 41.4 Å². The van der Waals surface area contributed by atoms with Gasteiger partial charge in [-0.1, -0.05) is 32.0 Å². The fourth-order valence-electron chi connectivity index (χ4n) is 5.14. The average molecular weight is 646 g/mol. The molecule has 0 unspecified atom stereocenters. The molecule has 238 valence electrons. The smallest absolute Gasteiger partial charge is 0.261 e. The zero-order valence-corrected chi connectivity index (χ0v) is 26.6. The summed E-state index contributed by atoms with van der Waals surface area (Å²) in [5.74, 6) is -1.14. The quantitative estimate of drug-likeness (QED) is 0.159. The number of halogens is 2. The molecule has 0 fully saturated rings. The molecule has 0 saturated carbocycles. The molecule has 5 rings (SSSR count). The molecule has 3 aromatic heterocycles. The number of thiophene rings is 1. The first-order valence-electron chi connectivity index (χ1n) is 14.6. The van der Waals surface area contributed by atoms with Crippen molar-refractivity contribution < 1.29 is 27.5 Å². The largest absolute Gasteiger partial charge is 0.494 e. The van der Waals surface area contributed by atoms with Gasteiger partial charge in [-0.15, -0.1) is 21.5 Å². The maximum atomic E-state index is 13.8. The van der Waals surface area contributed by atoms with Crippen molar-refractivity contribution in [2.75, 3.05) is 7.11 Å². The summed E-state index contributed by atoms with van der Waals surface area (Å²) >= 11 is 1.18. The van der Waals surface area contributed by atoms with Gasteiger partial charge in [-0.05, 0) is 72.7 Å². The van der Waals surface area contributed by atoms with Crippen LogP contribution in [0.25, 0.3) is 21.9 Å². The molecule has 9 nitrogen and oxygen atoms in total. The molecule has 46 heavy (non-hydrogen) atoms. The molecule has 0 radical (unpaired) electrons. The minimum Gasteiger partial charge on any atom is -0.494 e. The Kier molecular flexibility index (Phi) is 9.86. The summed E-state index contributed by atoms with van der Waals surface area (Å²) in [4.78, 5) is 32.3. The van der Waals surface area contributed by atoms with Crippen LogP contribution in [0.2, 0.25) is 0 Å². The zero-order chi connectivity index (χ0) is 33.0. The van der Waals surface area contributed by atoms with Crippen LogP contribution in [-0.2, 0) is 25.8 Å². The van der Waals surface area contributed by atoms with Crippen LogP contribution >= 0.6 is 11.3 Å². The van der Waals surface area contributed by atoms with Crippen LogP contribution in [0.1, 0.15) is 62.3 Å². The number of benzene rings is 2. The highest BCUT2D eigenvalue weighted by atomic mass is 32.1. The molecule has 2 aromatic carbocycles. The van der Waals surface area contributed by atoms with Crippen LogP contribution in [0, 0.1) is 24.5 Å². The number of primary amides is 1. The standard InChI is InChI=1S/C34H33F2N5O4S/c1-18(2)15-25-29(32(37)42)31(27-13-14-28(46-27)33(43)38-17-21-7-11-23(36)26(16-21)44-4)30(34-41-40-19(3)45-34)24(39-25)12-8-20-5-9-22(35)10-6-20/h5-7,9-11,13-14,16,18H,8,12,15,17H2,1-4H3,(H2,37,42)(H,38,43). The first kappa shape index (κ1) is 32.4. The number of carbonyl (C=O) groups is 2.